The Kier molecular flexibility index (Phi) is 6.69. The molecule has 0 saturated carbocycles. The summed E-state index contributed by atoms with van der Waals surface area (Å²) in [4.78, 5) is 12.2. The number of carbonyl (C=O) groups excluding carboxylic acids is 1. The number of nitrogens with two attached hydrogens (primary N) is 1. The van der Waals surface area contributed by atoms with Gasteiger partial charge in [-0.1, -0.05) is 6.42 Å². The highest BCUT2D eigenvalue weighted by atomic mass is 32.2. The fraction of sp³-hybridized carbons (Fsp3) is 0.533. The molecular formula is C15H22N2O3S. The predicted molar refractivity (Wildman–Crippen MR) is 83.6 cm³/mol. The van der Waals surface area contributed by atoms with E-state index in [9.17, 15) is 4.79 Å². The van der Waals surface area contributed by atoms with Crippen molar-refractivity contribution in [3.05, 3.63) is 18.2 Å². The van der Waals surface area contributed by atoms with Gasteiger partial charge < -0.3 is 9.47 Å². The third kappa shape index (κ3) is 5.47. The van der Waals surface area contributed by atoms with Crippen LogP contribution in [0.3, 0.4) is 0 Å². The summed E-state index contributed by atoms with van der Waals surface area (Å²) >= 11 is 1.80. The van der Waals surface area contributed by atoms with Gasteiger partial charge in [0.1, 0.15) is 0 Å². The van der Waals surface area contributed by atoms with Crippen molar-refractivity contribution in [3.63, 3.8) is 0 Å². The number of thioether (sulfide) groups is 1. The fourth-order valence-electron chi connectivity index (χ4n) is 2.06. The maximum Gasteiger partial charge on any atom is 0.233 e. The van der Waals surface area contributed by atoms with E-state index in [1.54, 1.807) is 11.8 Å². The van der Waals surface area contributed by atoms with E-state index in [0.717, 1.165) is 49.5 Å². The van der Waals surface area contributed by atoms with Crippen molar-refractivity contribution in [1.29, 1.82) is 0 Å². The molecule has 0 radical (unpaired) electrons. The quantitative estimate of drug-likeness (QED) is 0.266. The number of ether oxygens (including phenoxy) is 2. The molecular weight excluding hydrogens is 288 g/mol. The molecule has 1 aromatic rings. The average molecular weight is 310 g/mol. The molecule has 0 saturated heterocycles. The summed E-state index contributed by atoms with van der Waals surface area (Å²) in [5.41, 5.74) is 2.15. The lowest BCUT2D eigenvalue weighted by atomic mass is 10.2. The second kappa shape index (κ2) is 8.79. The van der Waals surface area contributed by atoms with E-state index >= 15 is 0 Å². The van der Waals surface area contributed by atoms with Gasteiger partial charge in [0.05, 0.1) is 13.2 Å². The molecule has 5 nitrogen and oxygen atoms in total. The van der Waals surface area contributed by atoms with E-state index in [1.807, 2.05) is 12.1 Å². The number of amides is 1. The van der Waals surface area contributed by atoms with Crippen LogP contribution in [0.5, 0.6) is 11.5 Å². The molecule has 21 heavy (non-hydrogen) atoms. The Morgan fingerprint density at radius 3 is 2.81 bits per heavy atom. The summed E-state index contributed by atoms with van der Waals surface area (Å²) in [6, 6.07) is 6.10. The number of rotatable bonds is 7. The van der Waals surface area contributed by atoms with E-state index < -0.39 is 0 Å². The minimum Gasteiger partial charge on any atom is -0.490 e. The third-order valence-electron chi connectivity index (χ3n) is 3.20. The first-order valence-electron chi connectivity index (χ1n) is 7.31. The van der Waals surface area contributed by atoms with Gasteiger partial charge in [0.25, 0.3) is 0 Å². The molecule has 6 heteroatoms. The van der Waals surface area contributed by atoms with Gasteiger partial charge in [-0.25, -0.2) is 5.84 Å². The molecule has 2 rings (SSSR count). The third-order valence-corrected chi connectivity index (χ3v) is 4.28. The highest BCUT2D eigenvalue weighted by molar-refractivity contribution is 7.99. The van der Waals surface area contributed by atoms with Gasteiger partial charge in [-0.3, -0.25) is 10.2 Å². The molecule has 0 fully saturated rings. The zero-order valence-electron chi connectivity index (χ0n) is 12.1. The van der Waals surface area contributed by atoms with Crippen LogP contribution in [0.4, 0.5) is 0 Å². The van der Waals surface area contributed by atoms with Gasteiger partial charge in [0.2, 0.25) is 5.91 Å². The Balaban J connectivity index is 1.69. The van der Waals surface area contributed by atoms with Crippen molar-refractivity contribution < 1.29 is 14.3 Å². The first-order valence-corrected chi connectivity index (χ1v) is 8.30. The van der Waals surface area contributed by atoms with Crippen molar-refractivity contribution in [2.24, 2.45) is 5.84 Å². The van der Waals surface area contributed by atoms with Crippen molar-refractivity contribution in [2.75, 3.05) is 19.0 Å². The van der Waals surface area contributed by atoms with Crippen LogP contribution < -0.4 is 20.7 Å². The largest absolute Gasteiger partial charge is 0.490 e. The highest BCUT2D eigenvalue weighted by Gasteiger charge is 2.10. The Morgan fingerprint density at radius 1 is 1.19 bits per heavy atom. The molecule has 0 aliphatic carbocycles. The number of hydrazine groups is 1. The number of carbonyl (C=O) groups is 1. The zero-order valence-corrected chi connectivity index (χ0v) is 12.9. The van der Waals surface area contributed by atoms with Gasteiger partial charge >= 0.3 is 0 Å². The summed E-state index contributed by atoms with van der Waals surface area (Å²) in [6.45, 7) is 1.43. The van der Waals surface area contributed by atoms with E-state index in [-0.39, 0.29) is 5.91 Å². The molecule has 1 aliphatic heterocycles. The lowest BCUT2D eigenvalue weighted by Crippen LogP contribution is -2.29. The number of unbranched alkanes of at least 4 members (excludes halogenated alkanes) is 2. The predicted octanol–water partition coefficient (Wildman–Crippen LogP) is 2.49. The first kappa shape index (κ1) is 16.0. The second-order valence-corrected chi connectivity index (χ2v) is 6.05. The molecule has 0 bridgehead atoms. The van der Waals surface area contributed by atoms with Gasteiger partial charge in [0, 0.05) is 17.7 Å². The number of nitrogens with one attached hydrogen (secondary N) is 1. The Hall–Kier alpha value is -1.40. The van der Waals surface area contributed by atoms with Gasteiger partial charge in [-0.05, 0) is 36.8 Å². The lowest BCUT2D eigenvalue weighted by Gasteiger charge is -2.09. The van der Waals surface area contributed by atoms with E-state index in [4.69, 9.17) is 15.3 Å². The van der Waals surface area contributed by atoms with Crippen LogP contribution in [0.1, 0.15) is 32.1 Å². The van der Waals surface area contributed by atoms with E-state index in [1.165, 1.54) is 4.90 Å². The minimum atomic E-state index is -0.0921. The second-order valence-electron chi connectivity index (χ2n) is 4.89. The molecule has 1 amide bonds. The van der Waals surface area contributed by atoms with Crippen molar-refractivity contribution in [2.45, 2.75) is 37.0 Å². The molecule has 1 heterocycles. The van der Waals surface area contributed by atoms with Crippen LogP contribution in [0.2, 0.25) is 0 Å². The fourth-order valence-corrected chi connectivity index (χ4v) is 3.00. The zero-order chi connectivity index (χ0) is 14.9. The van der Waals surface area contributed by atoms with Crippen LogP contribution in [0, 0.1) is 0 Å². The smallest absolute Gasteiger partial charge is 0.233 e. The van der Waals surface area contributed by atoms with E-state index in [0.29, 0.717) is 13.0 Å². The molecule has 0 spiro atoms. The number of hydrogen-bond acceptors (Lipinski definition) is 5. The Labute approximate surface area is 129 Å². The minimum absolute atomic E-state index is 0.0921. The lowest BCUT2D eigenvalue weighted by molar-refractivity contribution is -0.121. The standard InChI is InChI=1S/C15H22N2O3S/c16-17-15(18)5-2-1-3-10-21-12-6-7-13-14(11-12)20-9-4-8-19-13/h6-7,11H,1-5,8-10,16H2,(H,17,18). The van der Waals surface area contributed by atoms with Crippen LogP contribution in [-0.4, -0.2) is 24.9 Å². The topological polar surface area (TPSA) is 73.6 Å². The number of fused-ring (bicyclic) bond motifs is 1. The number of hydrogen-bond donors (Lipinski definition) is 2. The molecule has 3 N–H and O–H groups in total. The van der Waals surface area contributed by atoms with Crippen LogP contribution in [0.15, 0.2) is 23.1 Å². The maximum atomic E-state index is 11.0. The molecule has 0 atom stereocenters. The van der Waals surface area contributed by atoms with Crippen molar-refractivity contribution in [1.82, 2.24) is 5.43 Å². The Bertz CT molecular complexity index is 468. The maximum absolute atomic E-state index is 11.0. The molecule has 1 aromatic carbocycles. The Morgan fingerprint density at radius 2 is 2.00 bits per heavy atom. The summed E-state index contributed by atoms with van der Waals surface area (Å²) < 4.78 is 11.3. The average Bonchev–Trinajstić information content (AvgIpc) is 2.75. The van der Waals surface area contributed by atoms with Gasteiger partial charge in [-0.2, -0.15) is 0 Å². The van der Waals surface area contributed by atoms with Crippen LogP contribution in [-0.2, 0) is 4.79 Å². The molecule has 1 aliphatic rings. The monoisotopic (exact) mass is 310 g/mol. The summed E-state index contributed by atoms with van der Waals surface area (Å²) in [6.07, 6.45) is 4.42. The molecule has 0 unspecified atom stereocenters. The first-order chi connectivity index (χ1) is 10.3. The van der Waals surface area contributed by atoms with Crippen molar-refractivity contribution >= 4 is 17.7 Å². The van der Waals surface area contributed by atoms with E-state index in [2.05, 4.69) is 11.5 Å². The molecule has 116 valence electrons. The molecule has 0 aromatic heterocycles. The van der Waals surface area contributed by atoms with Crippen molar-refractivity contribution in [3.8, 4) is 11.5 Å². The van der Waals surface area contributed by atoms with Crippen LogP contribution >= 0.6 is 11.8 Å². The SMILES string of the molecule is NNC(=O)CCCCCSc1ccc2c(c1)OCCCO2. The normalized spacial score (nSPS) is 13.6. The van der Waals surface area contributed by atoms with Gasteiger partial charge in [-0.15, -0.1) is 11.8 Å². The summed E-state index contributed by atoms with van der Waals surface area (Å²) in [7, 11) is 0. The van der Waals surface area contributed by atoms with Gasteiger partial charge in [0.15, 0.2) is 11.5 Å². The summed E-state index contributed by atoms with van der Waals surface area (Å²) in [5, 5.41) is 0. The number of benzene rings is 1. The summed E-state index contributed by atoms with van der Waals surface area (Å²) in [5.74, 6) is 7.65. The van der Waals surface area contributed by atoms with Crippen LogP contribution in [0.25, 0.3) is 0 Å². The highest BCUT2D eigenvalue weighted by Crippen LogP contribution is 2.34.